The van der Waals surface area contributed by atoms with Gasteiger partial charge in [-0.15, -0.1) is 0 Å². The molecule has 0 aliphatic heterocycles. The summed E-state index contributed by atoms with van der Waals surface area (Å²) in [4.78, 5) is 16.5. The number of aryl methyl sites for hydroxylation is 2. The summed E-state index contributed by atoms with van der Waals surface area (Å²) < 4.78 is 41.2. The second-order valence-electron chi connectivity index (χ2n) is 5.90. The molecular formula is C17H13Cl2F3N4O. The third-order valence-electron chi connectivity index (χ3n) is 3.83. The average molecular weight is 417 g/mol. The monoisotopic (exact) mass is 416 g/mol. The van der Waals surface area contributed by atoms with E-state index in [1.807, 2.05) is 0 Å². The van der Waals surface area contributed by atoms with Crippen LogP contribution in [0.15, 0.2) is 24.3 Å². The Labute approximate surface area is 162 Å². The minimum Gasteiger partial charge on any atom is -0.322 e. The quantitative estimate of drug-likeness (QED) is 0.652. The number of hydrogen-bond acceptors (Lipinski definition) is 3. The second-order valence-corrected chi connectivity index (χ2v) is 6.71. The van der Waals surface area contributed by atoms with Crippen molar-refractivity contribution < 1.29 is 18.0 Å². The predicted molar refractivity (Wildman–Crippen MR) is 97.1 cm³/mol. The summed E-state index contributed by atoms with van der Waals surface area (Å²) in [5.74, 6) is -0.550. The number of nitrogens with zero attached hydrogens (tertiary/aromatic N) is 3. The summed E-state index contributed by atoms with van der Waals surface area (Å²) in [6.45, 7) is 2.54. The number of para-hydroxylation sites is 1. The first-order chi connectivity index (χ1) is 12.6. The molecule has 142 valence electrons. The molecule has 10 heteroatoms. The molecule has 1 aromatic carbocycles. The van der Waals surface area contributed by atoms with E-state index in [0.717, 1.165) is 10.7 Å². The zero-order valence-electron chi connectivity index (χ0n) is 14.2. The number of aromatic nitrogens is 3. The Morgan fingerprint density at radius 1 is 1.22 bits per heavy atom. The van der Waals surface area contributed by atoms with Gasteiger partial charge in [-0.1, -0.05) is 29.3 Å². The average Bonchev–Trinajstić information content (AvgIpc) is 2.85. The lowest BCUT2D eigenvalue weighted by Crippen LogP contribution is -2.20. The van der Waals surface area contributed by atoms with E-state index in [0.29, 0.717) is 0 Å². The third-order valence-corrected chi connectivity index (χ3v) is 4.46. The number of pyridine rings is 1. The van der Waals surface area contributed by atoms with Crippen LogP contribution in [0.2, 0.25) is 10.0 Å². The van der Waals surface area contributed by atoms with Crippen LogP contribution in [0.25, 0.3) is 11.0 Å². The Hall–Kier alpha value is -2.32. The summed E-state index contributed by atoms with van der Waals surface area (Å²) >= 11 is 12.0. The molecule has 0 aliphatic carbocycles. The van der Waals surface area contributed by atoms with Gasteiger partial charge in [-0.25, -0.2) is 9.67 Å². The normalized spacial score (nSPS) is 11.8. The Bertz CT molecular complexity index is 1030. The van der Waals surface area contributed by atoms with Gasteiger partial charge in [-0.2, -0.15) is 18.3 Å². The van der Waals surface area contributed by atoms with Crippen LogP contribution in [0.5, 0.6) is 0 Å². The SMILES string of the molecule is Cc1cc(C(F)(F)F)c2c(C)nn(CC(=O)Nc3c(Cl)cccc3Cl)c2n1. The number of halogens is 5. The fourth-order valence-electron chi connectivity index (χ4n) is 2.74. The highest BCUT2D eigenvalue weighted by Crippen LogP contribution is 2.36. The molecule has 0 bridgehead atoms. The third kappa shape index (κ3) is 3.86. The van der Waals surface area contributed by atoms with Crippen LogP contribution < -0.4 is 5.32 Å². The van der Waals surface area contributed by atoms with Crippen LogP contribution in [0.3, 0.4) is 0 Å². The molecular weight excluding hydrogens is 404 g/mol. The van der Waals surface area contributed by atoms with E-state index >= 15 is 0 Å². The van der Waals surface area contributed by atoms with Crippen molar-refractivity contribution in [3.8, 4) is 0 Å². The molecule has 0 saturated heterocycles. The lowest BCUT2D eigenvalue weighted by Gasteiger charge is -2.11. The summed E-state index contributed by atoms with van der Waals surface area (Å²) in [5, 5.41) is 6.96. The first-order valence-electron chi connectivity index (χ1n) is 7.73. The van der Waals surface area contributed by atoms with Crippen molar-refractivity contribution in [2.24, 2.45) is 0 Å². The molecule has 3 aromatic rings. The van der Waals surface area contributed by atoms with Crippen molar-refractivity contribution in [1.29, 1.82) is 0 Å². The minimum absolute atomic E-state index is 0.0137. The largest absolute Gasteiger partial charge is 0.417 e. The predicted octanol–water partition coefficient (Wildman–Crippen LogP) is 5.01. The number of carbonyl (C=O) groups is 1. The number of alkyl halides is 3. The lowest BCUT2D eigenvalue weighted by atomic mass is 10.1. The van der Waals surface area contributed by atoms with E-state index in [2.05, 4.69) is 15.4 Å². The molecule has 2 heterocycles. The molecule has 1 amide bonds. The van der Waals surface area contributed by atoms with E-state index in [4.69, 9.17) is 23.2 Å². The van der Waals surface area contributed by atoms with Gasteiger partial charge in [0.05, 0.1) is 32.4 Å². The first-order valence-corrected chi connectivity index (χ1v) is 8.49. The highest BCUT2D eigenvalue weighted by Gasteiger charge is 2.35. The van der Waals surface area contributed by atoms with Crippen molar-refractivity contribution in [3.63, 3.8) is 0 Å². The molecule has 2 aromatic heterocycles. The van der Waals surface area contributed by atoms with Gasteiger partial charge in [0, 0.05) is 5.69 Å². The van der Waals surface area contributed by atoms with Gasteiger partial charge < -0.3 is 5.32 Å². The van der Waals surface area contributed by atoms with E-state index in [9.17, 15) is 18.0 Å². The minimum atomic E-state index is -4.56. The number of carbonyl (C=O) groups excluding carboxylic acids is 1. The van der Waals surface area contributed by atoms with Crippen molar-refractivity contribution in [1.82, 2.24) is 14.8 Å². The van der Waals surface area contributed by atoms with Gasteiger partial charge in [-0.3, -0.25) is 4.79 Å². The topological polar surface area (TPSA) is 59.8 Å². The van der Waals surface area contributed by atoms with Crippen LogP contribution >= 0.6 is 23.2 Å². The fraction of sp³-hybridized carbons (Fsp3) is 0.235. The van der Waals surface area contributed by atoms with Crippen LogP contribution in [-0.4, -0.2) is 20.7 Å². The van der Waals surface area contributed by atoms with Crippen LogP contribution in [-0.2, 0) is 17.5 Å². The first kappa shape index (κ1) is 19.4. The van der Waals surface area contributed by atoms with E-state index in [1.54, 1.807) is 18.2 Å². The van der Waals surface area contributed by atoms with E-state index < -0.39 is 17.6 Å². The Balaban J connectivity index is 1.99. The van der Waals surface area contributed by atoms with Crippen molar-refractivity contribution in [3.05, 3.63) is 51.3 Å². The van der Waals surface area contributed by atoms with E-state index in [1.165, 1.54) is 13.8 Å². The molecule has 5 nitrogen and oxygen atoms in total. The maximum absolute atomic E-state index is 13.4. The smallest absolute Gasteiger partial charge is 0.322 e. The highest BCUT2D eigenvalue weighted by atomic mass is 35.5. The molecule has 0 saturated carbocycles. The highest BCUT2D eigenvalue weighted by molar-refractivity contribution is 6.39. The molecule has 0 radical (unpaired) electrons. The Morgan fingerprint density at radius 2 is 1.85 bits per heavy atom. The summed E-state index contributed by atoms with van der Waals surface area (Å²) in [5.41, 5.74) is -0.318. The molecule has 0 atom stereocenters. The number of benzene rings is 1. The van der Waals surface area contributed by atoms with Gasteiger partial charge in [0.15, 0.2) is 5.65 Å². The van der Waals surface area contributed by atoms with Gasteiger partial charge in [0.25, 0.3) is 0 Å². The maximum atomic E-state index is 13.4. The zero-order valence-corrected chi connectivity index (χ0v) is 15.7. The lowest BCUT2D eigenvalue weighted by molar-refractivity contribution is -0.136. The Kier molecular flexibility index (Phi) is 5.05. The number of rotatable bonds is 3. The number of hydrogen-bond donors (Lipinski definition) is 1. The molecule has 1 N–H and O–H groups in total. The summed E-state index contributed by atoms with van der Waals surface area (Å²) in [7, 11) is 0. The summed E-state index contributed by atoms with van der Waals surface area (Å²) in [6, 6.07) is 5.69. The Morgan fingerprint density at radius 3 is 2.44 bits per heavy atom. The van der Waals surface area contributed by atoms with Gasteiger partial charge in [0.2, 0.25) is 5.91 Å². The van der Waals surface area contributed by atoms with Crippen molar-refractivity contribution in [2.75, 3.05) is 5.32 Å². The molecule has 0 spiro atoms. The molecule has 27 heavy (non-hydrogen) atoms. The van der Waals surface area contributed by atoms with Crippen molar-refractivity contribution in [2.45, 2.75) is 26.6 Å². The van der Waals surface area contributed by atoms with Crippen molar-refractivity contribution >= 4 is 45.8 Å². The van der Waals surface area contributed by atoms with Gasteiger partial charge in [0.1, 0.15) is 6.54 Å². The molecule has 0 unspecified atom stereocenters. The number of amides is 1. The maximum Gasteiger partial charge on any atom is 0.417 e. The number of nitrogens with one attached hydrogen (secondary N) is 1. The molecule has 0 fully saturated rings. The second kappa shape index (κ2) is 7.01. The van der Waals surface area contributed by atoms with Gasteiger partial charge in [-0.05, 0) is 32.0 Å². The number of fused-ring (bicyclic) bond motifs is 1. The molecule has 3 rings (SSSR count). The van der Waals surface area contributed by atoms with Crippen LogP contribution in [0, 0.1) is 13.8 Å². The van der Waals surface area contributed by atoms with E-state index in [-0.39, 0.29) is 44.7 Å². The van der Waals surface area contributed by atoms with Crippen LogP contribution in [0.1, 0.15) is 17.0 Å². The summed E-state index contributed by atoms with van der Waals surface area (Å²) in [6.07, 6.45) is -4.56. The zero-order chi connectivity index (χ0) is 19.9. The molecule has 0 aliphatic rings. The standard InChI is InChI=1S/C17H13Cl2F3N4O/c1-8-6-10(17(20,21)22)14-9(2)25-26(16(14)23-8)7-13(27)24-15-11(18)4-3-5-12(15)19/h3-6H,7H2,1-2H3,(H,24,27). The van der Waals surface area contributed by atoms with Gasteiger partial charge >= 0.3 is 6.18 Å². The fourth-order valence-corrected chi connectivity index (χ4v) is 3.24. The number of anilines is 1. The van der Waals surface area contributed by atoms with Crippen LogP contribution in [0.4, 0.5) is 18.9 Å².